The van der Waals surface area contributed by atoms with Gasteiger partial charge in [0, 0.05) is 18.6 Å². The van der Waals surface area contributed by atoms with E-state index in [1.807, 2.05) is 6.07 Å². The number of hydrogen-bond donors (Lipinski definition) is 1. The van der Waals surface area contributed by atoms with Gasteiger partial charge in [0.25, 0.3) is 0 Å². The molecule has 0 aliphatic carbocycles. The third kappa shape index (κ3) is 2.73. The highest BCUT2D eigenvalue weighted by molar-refractivity contribution is 5.85. The first-order valence-electron chi connectivity index (χ1n) is 5.99. The van der Waals surface area contributed by atoms with E-state index < -0.39 is 0 Å². The highest BCUT2D eigenvalue weighted by atomic mass is 16.5. The number of pyridine rings is 1. The number of anilines is 1. The molecule has 2 N–H and O–H groups in total. The number of benzene rings is 1. The summed E-state index contributed by atoms with van der Waals surface area (Å²) in [4.78, 5) is 4.20. The van der Waals surface area contributed by atoms with E-state index in [4.69, 9.17) is 25.2 Å². The van der Waals surface area contributed by atoms with Gasteiger partial charge in [-0.3, -0.25) is 0 Å². The number of nitrogens with zero attached hydrogens (tertiary/aromatic N) is 2. The van der Waals surface area contributed by atoms with Crippen LogP contribution in [0.3, 0.4) is 0 Å². The fourth-order valence-electron chi connectivity index (χ4n) is 1.79. The fraction of sp³-hybridized carbons (Fsp3) is 0.286. The van der Waals surface area contributed by atoms with Crippen molar-refractivity contribution in [3.8, 4) is 17.6 Å². The highest BCUT2D eigenvalue weighted by Gasteiger charge is 2.10. The minimum Gasteiger partial charge on any atom is -0.493 e. The molecule has 0 bridgehead atoms. The van der Waals surface area contributed by atoms with Crippen molar-refractivity contribution in [2.24, 2.45) is 0 Å². The number of nitrogens with two attached hydrogens (primary N) is 1. The first-order chi connectivity index (χ1) is 9.69. The van der Waals surface area contributed by atoms with Crippen molar-refractivity contribution in [1.82, 2.24) is 4.98 Å². The number of rotatable bonds is 5. The van der Waals surface area contributed by atoms with Gasteiger partial charge in [-0.15, -0.1) is 0 Å². The molecular weight excluding hydrogens is 258 g/mol. The first kappa shape index (κ1) is 13.9. The van der Waals surface area contributed by atoms with Gasteiger partial charge in [-0.1, -0.05) is 0 Å². The standard InChI is InChI=1S/C14H15N3O3/c1-18-3-4-20-13-7-11-9(6-12(13)19-2)5-10(8-15)14(16)17-11/h5-7H,3-4H2,1-2H3,(H2,16,17). The molecule has 2 rings (SSSR count). The molecular formula is C14H15N3O3. The maximum Gasteiger partial charge on any atom is 0.163 e. The number of nitrogen functional groups attached to an aromatic ring is 1. The van der Waals surface area contributed by atoms with Gasteiger partial charge in [0.15, 0.2) is 11.5 Å². The minimum absolute atomic E-state index is 0.202. The highest BCUT2D eigenvalue weighted by Crippen LogP contribution is 2.32. The van der Waals surface area contributed by atoms with Crippen LogP contribution in [0.4, 0.5) is 5.82 Å². The third-order valence-corrected chi connectivity index (χ3v) is 2.80. The van der Waals surface area contributed by atoms with Crippen LogP contribution in [-0.2, 0) is 4.74 Å². The Balaban J connectivity index is 2.46. The fourth-order valence-corrected chi connectivity index (χ4v) is 1.79. The van der Waals surface area contributed by atoms with Crippen molar-refractivity contribution in [3.05, 3.63) is 23.8 Å². The lowest BCUT2D eigenvalue weighted by atomic mass is 10.1. The van der Waals surface area contributed by atoms with E-state index in [9.17, 15) is 0 Å². The molecule has 1 aromatic carbocycles. The van der Waals surface area contributed by atoms with Gasteiger partial charge in [-0.05, 0) is 12.1 Å². The Morgan fingerprint density at radius 2 is 2.00 bits per heavy atom. The Hall–Kier alpha value is -2.52. The smallest absolute Gasteiger partial charge is 0.163 e. The lowest BCUT2D eigenvalue weighted by Gasteiger charge is -2.12. The molecule has 0 amide bonds. The topological polar surface area (TPSA) is 90.4 Å². The maximum absolute atomic E-state index is 8.96. The zero-order valence-corrected chi connectivity index (χ0v) is 11.3. The molecule has 1 heterocycles. The number of fused-ring (bicyclic) bond motifs is 1. The van der Waals surface area contributed by atoms with Crippen molar-refractivity contribution in [1.29, 1.82) is 5.26 Å². The Labute approximate surface area is 116 Å². The van der Waals surface area contributed by atoms with Gasteiger partial charge in [-0.2, -0.15) is 5.26 Å². The molecule has 1 aromatic heterocycles. The Morgan fingerprint density at radius 3 is 2.65 bits per heavy atom. The summed E-state index contributed by atoms with van der Waals surface area (Å²) in [6.07, 6.45) is 0. The summed E-state index contributed by atoms with van der Waals surface area (Å²) in [5.41, 5.74) is 6.70. The van der Waals surface area contributed by atoms with Gasteiger partial charge in [0.05, 0.1) is 24.8 Å². The van der Waals surface area contributed by atoms with Crippen LogP contribution < -0.4 is 15.2 Å². The normalized spacial score (nSPS) is 10.2. The summed E-state index contributed by atoms with van der Waals surface area (Å²) in [5.74, 6) is 1.34. The van der Waals surface area contributed by atoms with Crippen molar-refractivity contribution >= 4 is 16.7 Å². The average molecular weight is 273 g/mol. The molecule has 0 radical (unpaired) electrons. The molecule has 20 heavy (non-hydrogen) atoms. The summed E-state index contributed by atoms with van der Waals surface area (Å²) in [5, 5.41) is 9.73. The molecule has 6 nitrogen and oxygen atoms in total. The number of aromatic nitrogens is 1. The summed E-state index contributed by atoms with van der Waals surface area (Å²) < 4.78 is 15.8. The molecule has 0 aliphatic rings. The van der Waals surface area contributed by atoms with E-state index in [0.29, 0.717) is 35.8 Å². The number of methoxy groups -OCH3 is 2. The van der Waals surface area contributed by atoms with Crippen LogP contribution in [-0.4, -0.2) is 32.4 Å². The van der Waals surface area contributed by atoms with Crippen LogP contribution in [0.15, 0.2) is 18.2 Å². The van der Waals surface area contributed by atoms with Gasteiger partial charge in [0.2, 0.25) is 0 Å². The second-order valence-electron chi connectivity index (χ2n) is 4.07. The third-order valence-electron chi connectivity index (χ3n) is 2.80. The second kappa shape index (κ2) is 6.08. The van der Waals surface area contributed by atoms with E-state index in [1.54, 1.807) is 32.4 Å². The van der Waals surface area contributed by atoms with E-state index in [2.05, 4.69) is 4.98 Å². The summed E-state index contributed by atoms with van der Waals surface area (Å²) in [7, 11) is 3.16. The molecule has 0 saturated carbocycles. The van der Waals surface area contributed by atoms with Crippen molar-refractivity contribution in [3.63, 3.8) is 0 Å². The Bertz CT molecular complexity index is 665. The largest absolute Gasteiger partial charge is 0.493 e. The molecule has 6 heteroatoms. The monoisotopic (exact) mass is 273 g/mol. The van der Waals surface area contributed by atoms with Crippen molar-refractivity contribution in [2.75, 3.05) is 33.2 Å². The quantitative estimate of drug-likeness (QED) is 0.834. The molecule has 2 aromatic rings. The second-order valence-corrected chi connectivity index (χ2v) is 4.07. The number of ether oxygens (including phenoxy) is 3. The van der Waals surface area contributed by atoms with Crippen molar-refractivity contribution in [2.45, 2.75) is 0 Å². The van der Waals surface area contributed by atoms with E-state index in [1.165, 1.54) is 0 Å². The van der Waals surface area contributed by atoms with Gasteiger partial charge >= 0.3 is 0 Å². The van der Waals surface area contributed by atoms with E-state index in [0.717, 1.165) is 5.39 Å². The summed E-state index contributed by atoms with van der Waals surface area (Å²) in [6.45, 7) is 0.883. The van der Waals surface area contributed by atoms with Crippen LogP contribution in [0.5, 0.6) is 11.5 Å². The zero-order valence-electron chi connectivity index (χ0n) is 11.3. The van der Waals surface area contributed by atoms with Crippen LogP contribution in [0, 0.1) is 11.3 Å². The lowest BCUT2D eigenvalue weighted by molar-refractivity contribution is 0.144. The molecule has 0 aliphatic heterocycles. The number of nitriles is 1. The predicted molar refractivity (Wildman–Crippen MR) is 74.8 cm³/mol. The molecule has 0 spiro atoms. The van der Waals surface area contributed by atoms with E-state index >= 15 is 0 Å². The molecule has 0 saturated heterocycles. The van der Waals surface area contributed by atoms with Crippen molar-refractivity contribution < 1.29 is 14.2 Å². The van der Waals surface area contributed by atoms with Crippen LogP contribution >= 0.6 is 0 Å². The zero-order chi connectivity index (χ0) is 14.5. The van der Waals surface area contributed by atoms with Crippen LogP contribution in [0.2, 0.25) is 0 Å². The summed E-state index contributed by atoms with van der Waals surface area (Å²) in [6, 6.07) is 7.19. The average Bonchev–Trinajstić information content (AvgIpc) is 2.46. The molecule has 104 valence electrons. The minimum atomic E-state index is 0.202. The first-order valence-corrected chi connectivity index (χ1v) is 5.99. The lowest BCUT2D eigenvalue weighted by Crippen LogP contribution is -2.05. The van der Waals surface area contributed by atoms with Crippen LogP contribution in [0.25, 0.3) is 10.9 Å². The van der Waals surface area contributed by atoms with E-state index in [-0.39, 0.29) is 5.82 Å². The Kier molecular flexibility index (Phi) is 4.23. The maximum atomic E-state index is 8.96. The number of hydrogen-bond acceptors (Lipinski definition) is 6. The SMILES string of the molecule is COCCOc1cc2nc(N)c(C#N)cc2cc1OC. The molecule has 0 atom stereocenters. The summed E-state index contributed by atoms with van der Waals surface area (Å²) >= 11 is 0. The van der Waals surface area contributed by atoms with Crippen LogP contribution in [0.1, 0.15) is 5.56 Å². The Morgan fingerprint density at radius 1 is 1.20 bits per heavy atom. The van der Waals surface area contributed by atoms with Gasteiger partial charge in [0.1, 0.15) is 18.5 Å². The van der Waals surface area contributed by atoms with Gasteiger partial charge < -0.3 is 19.9 Å². The van der Waals surface area contributed by atoms with Gasteiger partial charge in [-0.25, -0.2) is 4.98 Å². The molecule has 0 unspecified atom stereocenters. The predicted octanol–water partition coefficient (Wildman–Crippen LogP) is 1.72. The molecule has 0 fully saturated rings.